The van der Waals surface area contributed by atoms with Crippen molar-refractivity contribution in [2.75, 3.05) is 0 Å². The molecular weight excluding hydrogens is 438 g/mol. The zero-order valence-corrected chi connectivity index (χ0v) is 18.1. The van der Waals surface area contributed by atoms with E-state index < -0.39 is 0 Å². The molecule has 5 rings (SSSR count). The molecule has 0 aliphatic heterocycles. The maximum Gasteiger partial charge on any atom is 0.272 e. The minimum atomic E-state index is -0.195. The van der Waals surface area contributed by atoms with Crippen LogP contribution in [0, 0.1) is 0 Å². The number of carbonyl (C=O) groups excluding carboxylic acids is 1. The maximum atomic E-state index is 13.1. The number of aromatic nitrogens is 3. The summed E-state index contributed by atoms with van der Waals surface area (Å²) < 4.78 is 2.84. The largest absolute Gasteiger partial charge is 0.272 e. The Hall–Kier alpha value is -2.06. The van der Waals surface area contributed by atoms with Crippen LogP contribution in [0.2, 0.25) is 0 Å². The predicted octanol–water partition coefficient (Wildman–Crippen LogP) is 4.70. The van der Waals surface area contributed by atoms with Crippen molar-refractivity contribution in [2.45, 2.75) is 44.4 Å². The normalized spacial score (nSPS) is 17.3. The Kier molecular flexibility index (Phi) is 4.35. The van der Waals surface area contributed by atoms with Gasteiger partial charge in [-0.3, -0.25) is 9.48 Å². The molecular formula is C20H20BrN5OS. The molecule has 0 radical (unpaired) electrons. The van der Waals surface area contributed by atoms with Crippen LogP contribution in [0.3, 0.4) is 0 Å². The minimum Gasteiger partial charge on any atom is -0.267 e. The van der Waals surface area contributed by atoms with Gasteiger partial charge < -0.3 is 0 Å². The van der Waals surface area contributed by atoms with Crippen molar-refractivity contribution >= 4 is 49.9 Å². The van der Waals surface area contributed by atoms with E-state index >= 15 is 0 Å². The number of carbonyl (C=O) groups is 1. The maximum absolute atomic E-state index is 13.1. The quantitative estimate of drug-likeness (QED) is 0.445. The fourth-order valence-corrected chi connectivity index (χ4v) is 4.84. The number of nitrogens with one attached hydrogen (secondary N) is 1. The predicted molar refractivity (Wildman–Crippen MR) is 114 cm³/mol. The van der Waals surface area contributed by atoms with Crippen LogP contribution in [0.15, 0.2) is 27.1 Å². The molecule has 2 aliphatic rings. The number of fused-ring (bicyclic) bond motifs is 1. The third-order valence-electron chi connectivity index (χ3n) is 5.29. The highest BCUT2D eigenvalue weighted by Crippen LogP contribution is 2.45. The summed E-state index contributed by atoms with van der Waals surface area (Å²) in [7, 11) is 1.91. The number of pyridine rings is 1. The van der Waals surface area contributed by atoms with Crippen LogP contribution >= 0.6 is 27.3 Å². The van der Waals surface area contributed by atoms with Gasteiger partial charge in [0.15, 0.2) is 5.65 Å². The van der Waals surface area contributed by atoms with Crippen LogP contribution in [0.4, 0.5) is 0 Å². The topological polar surface area (TPSA) is 72.2 Å². The van der Waals surface area contributed by atoms with Crippen LogP contribution in [-0.4, -0.2) is 26.4 Å². The number of hydrazone groups is 1. The molecule has 2 saturated carbocycles. The first-order chi connectivity index (χ1) is 13.5. The lowest BCUT2D eigenvalue weighted by molar-refractivity contribution is 0.0956. The number of amides is 1. The molecule has 3 aromatic rings. The van der Waals surface area contributed by atoms with E-state index in [1.807, 2.05) is 36.2 Å². The lowest BCUT2D eigenvalue weighted by Gasteiger charge is -2.07. The molecule has 2 aliphatic carbocycles. The van der Waals surface area contributed by atoms with Crippen molar-refractivity contribution < 1.29 is 4.79 Å². The monoisotopic (exact) mass is 457 g/mol. The first-order valence-corrected chi connectivity index (χ1v) is 11.1. The van der Waals surface area contributed by atoms with E-state index in [2.05, 4.69) is 26.5 Å². The first kappa shape index (κ1) is 18.0. The van der Waals surface area contributed by atoms with Gasteiger partial charge in [0.05, 0.1) is 27.2 Å². The lowest BCUT2D eigenvalue weighted by atomic mass is 10.1. The summed E-state index contributed by atoms with van der Waals surface area (Å²) >= 11 is 5.04. The van der Waals surface area contributed by atoms with E-state index in [1.165, 1.54) is 0 Å². The molecule has 2 fully saturated rings. The van der Waals surface area contributed by atoms with E-state index in [0.29, 0.717) is 17.4 Å². The number of aryl methyl sites for hydroxylation is 1. The van der Waals surface area contributed by atoms with Crippen molar-refractivity contribution in [1.29, 1.82) is 0 Å². The molecule has 3 aromatic heterocycles. The lowest BCUT2D eigenvalue weighted by Crippen LogP contribution is -2.20. The SMILES string of the molecule is CC(=NNC(=O)c1cc(C2CC2)nc2c1c(C1CC1)nn2C)c1cc(Br)cs1. The standard InChI is InChI=1S/C20H20BrN5OS/c1-10(16-7-13(21)9-28-16)23-24-20(27)14-8-15(11-3-4-11)22-19-17(14)18(12-5-6-12)25-26(19)2/h7-9,11-12H,3-6H2,1-2H3,(H,24,27). The van der Waals surface area contributed by atoms with Gasteiger partial charge >= 0.3 is 0 Å². The Balaban J connectivity index is 1.54. The third-order valence-corrected chi connectivity index (χ3v) is 7.09. The fraction of sp³-hybridized carbons (Fsp3) is 0.400. The highest BCUT2D eigenvalue weighted by Gasteiger charge is 2.33. The molecule has 0 atom stereocenters. The summed E-state index contributed by atoms with van der Waals surface area (Å²) in [5.41, 5.74) is 6.98. The Morgan fingerprint density at radius 3 is 2.68 bits per heavy atom. The van der Waals surface area contributed by atoms with Crippen LogP contribution in [-0.2, 0) is 7.05 Å². The smallest absolute Gasteiger partial charge is 0.267 e. The highest BCUT2D eigenvalue weighted by atomic mass is 79.9. The number of nitrogens with zero attached hydrogens (tertiary/aromatic N) is 4. The van der Waals surface area contributed by atoms with Gasteiger partial charge in [-0.15, -0.1) is 11.3 Å². The second kappa shape index (κ2) is 6.77. The molecule has 0 spiro atoms. The average molecular weight is 458 g/mol. The fourth-order valence-electron chi connectivity index (χ4n) is 3.46. The summed E-state index contributed by atoms with van der Waals surface area (Å²) in [6.45, 7) is 1.90. The number of hydrogen-bond donors (Lipinski definition) is 1. The van der Waals surface area contributed by atoms with Crippen molar-refractivity contribution in [2.24, 2.45) is 12.1 Å². The molecule has 28 heavy (non-hydrogen) atoms. The molecule has 8 heteroatoms. The molecule has 1 N–H and O–H groups in total. The van der Waals surface area contributed by atoms with E-state index in [9.17, 15) is 4.79 Å². The average Bonchev–Trinajstić information content (AvgIpc) is 3.61. The van der Waals surface area contributed by atoms with Gasteiger partial charge in [0, 0.05) is 34.4 Å². The highest BCUT2D eigenvalue weighted by molar-refractivity contribution is 9.10. The number of hydrogen-bond acceptors (Lipinski definition) is 5. The molecule has 6 nitrogen and oxygen atoms in total. The molecule has 1 amide bonds. The van der Waals surface area contributed by atoms with Gasteiger partial charge in [-0.1, -0.05) is 0 Å². The molecule has 0 saturated heterocycles. The zero-order valence-electron chi connectivity index (χ0n) is 15.7. The number of halogens is 1. The molecule has 144 valence electrons. The summed E-state index contributed by atoms with van der Waals surface area (Å²) in [6, 6.07) is 3.95. The minimum absolute atomic E-state index is 0.195. The number of rotatable bonds is 5. The second-order valence-corrected chi connectivity index (χ2v) is 9.44. The van der Waals surface area contributed by atoms with Crippen LogP contribution in [0.5, 0.6) is 0 Å². The van der Waals surface area contributed by atoms with Gasteiger partial charge in [-0.05, 0) is 60.7 Å². The van der Waals surface area contributed by atoms with Crippen molar-refractivity contribution in [3.8, 4) is 0 Å². The van der Waals surface area contributed by atoms with Crippen molar-refractivity contribution in [3.05, 3.63) is 43.8 Å². The Bertz CT molecular complexity index is 1120. The summed E-state index contributed by atoms with van der Waals surface area (Å²) in [5.74, 6) is 0.709. The Morgan fingerprint density at radius 1 is 1.29 bits per heavy atom. The van der Waals surface area contributed by atoms with Crippen LogP contribution < -0.4 is 5.43 Å². The molecule has 0 bridgehead atoms. The Morgan fingerprint density at radius 2 is 2.04 bits per heavy atom. The van der Waals surface area contributed by atoms with Gasteiger partial charge in [0.1, 0.15) is 0 Å². The van der Waals surface area contributed by atoms with Crippen molar-refractivity contribution in [3.63, 3.8) is 0 Å². The Labute approximate surface area is 175 Å². The van der Waals surface area contributed by atoms with Gasteiger partial charge in [0.25, 0.3) is 5.91 Å². The van der Waals surface area contributed by atoms with E-state index in [0.717, 1.165) is 63.2 Å². The molecule has 0 aromatic carbocycles. The van der Waals surface area contributed by atoms with E-state index in [1.54, 1.807) is 11.3 Å². The summed E-state index contributed by atoms with van der Waals surface area (Å²) in [4.78, 5) is 19.0. The van der Waals surface area contributed by atoms with Crippen LogP contribution in [0.1, 0.15) is 71.1 Å². The third kappa shape index (κ3) is 3.28. The number of thiophene rings is 1. The van der Waals surface area contributed by atoms with Crippen molar-refractivity contribution in [1.82, 2.24) is 20.2 Å². The molecule has 3 heterocycles. The van der Waals surface area contributed by atoms with Gasteiger partial charge in [0.2, 0.25) is 0 Å². The second-order valence-electron chi connectivity index (χ2n) is 7.62. The zero-order chi connectivity index (χ0) is 19.4. The molecule has 0 unspecified atom stereocenters. The van der Waals surface area contributed by atoms with Gasteiger partial charge in [-0.2, -0.15) is 10.2 Å². The first-order valence-electron chi connectivity index (χ1n) is 9.48. The van der Waals surface area contributed by atoms with E-state index in [-0.39, 0.29) is 5.91 Å². The van der Waals surface area contributed by atoms with Crippen LogP contribution in [0.25, 0.3) is 11.0 Å². The summed E-state index contributed by atoms with van der Waals surface area (Å²) in [5, 5.41) is 11.9. The van der Waals surface area contributed by atoms with Gasteiger partial charge in [-0.25, -0.2) is 10.4 Å². The van der Waals surface area contributed by atoms with E-state index in [4.69, 9.17) is 10.1 Å². The summed E-state index contributed by atoms with van der Waals surface area (Å²) in [6.07, 6.45) is 4.53.